The number of cyclic esters (lactones) is 1. The fourth-order valence-corrected chi connectivity index (χ4v) is 2.56. The van der Waals surface area contributed by atoms with E-state index < -0.39 is 11.7 Å². The molecule has 0 radical (unpaired) electrons. The molecule has 1 aromatic carbocycles. The number of carbonyl (C=O) groups excluding carboxylic acids is 2. The minimum absolute atomic E-state index is 0.115. The Kier molecular flexibility index (Phi) is 3.94. The standard InChI is InChI=1S/C14H16BrNO3/c1-14(2)11(8-10-6-4-3-5-7-10)16(12(17)9-15)13(18)19-14/h3-7,11H,8-9H2,1-2H3/t11-/m0/s1. The SMILES string of the molecule is CC1(C)OC(=O)N(C(=O)CBr)[C@H]1Cc1ccccc1. The Morgan fingerprint density at radius 1 is 1.37 bits per heavy atom. The Labute approximate surface area is 120 Å². The van der Waals surface area contributed by atoms with Crippen LogP contribution >= 0.6 is 15.9 Å². The predicted octanol–water partition coefficient (Wildman–Crippen LogP) is 2.75. The van der Waals surface area contributed by atoms with Gasteiger partial charge in [0.1, 0.15) is 5.60 Å². The summed E-state index contributed by atoms with van der Waals surface area (Å²) in [7, 11) is 0. The van der Waals surface area contributed by atoms with Gasteiger partial charge >= 0.3 is 6.09 Å². The van der Waals surface area contributed by atoms with Gasteiger partial charge in [-0.2, -0.15) is 0 Å². The van der Waals surface area contributed by atoms with Crippen molar-refractivity contribution in [3.05, 3.63) is 35.9 Å². The molecular weight excluding hydrogens is 310 g/mol. The average molecular weight is 326 g/mol. The molecule has 0 saturated carbocycles. The summed E-state index contributed by atoms with van der Waals surface area (Å²) >= 11 is 3.10. The lowest BCUT2D eigenvalue weighted by molar-refractivity contribution is -0.126. The van der Waals surface area contributed by atoms with Crippen molar-refractivity contribution in [1.82, 2.24) is 4.90 Å². The monoisotopic (exact) mass is 325 g/mol. The minimum Gasteiger partial charge on any atom is -0.441 e. The van der Waals surface area contributed by atoms with Gasteiger partial charge in [0.25, 0.3) is 0 Å². The molecule has 0 unspecified atom stereocenters. The summed E-state index contributed by atoms with van der Waals surface area (Å²) < 4.78 is 5.31. The van der Waals surface area contributed by atoms with Crippen molar-refractivity contribution < 1.29 is 14.3 Å². The quantitative estimate of drug-likeness (QED) is 0.803. The summed E-state index contributed by atoms with van der Waals surface area (Å²) in [5.74, 6) is -0.267. The van der Waals surface area contributed by atoms with Gasteiger partial charge in [0, 0.05) is 0 Å². The van der Waals surface area contributed by atoms with Crippen LogP contribution in [0.3, 0.4) is 0 Å². The van der Waals surface area contributed by atoms with Gasteiger partial charge in [0.05, 0.1) is 11.4 Å². The molecule has 1 saturated heterocycles. The normalized spacial score (nSPS) is 21.3. The number of rotatable bonds is 3. The number of ether oxygens (including phenoxy) is 1. The van der Waals surface area contributed by atoms with Crippen LogP contribution in [0.15, 0.2) is 30.3 Å². The van der Waals surface area contributed by atoms with Crippen LogP contribution in [0.2, 0.25) is 0 Å². The number of halogens is 1. The lowest BCUT2D eigenvalue weighted by atomic mass is 9.92. The molecule has 1 aromatic rings. The second-order valence-corrected chi connectivity index (χ2v) is 5.64. The highest BCUT2D eigenvalue weighted by molar-refractivity contribution is 9.09. The van der Waals surface area contributed by atoms with Crippen LogP contribution in [-0.4, -0.2) is 33.9 Å². The van der Waals surface area contributed by atoms with Gasteiger partial charge in [0.15, 0.2) is 0 Å². The number of hydrogen-bond acceptors (Lipinski definition) is 3. The Bertz CT molecular complexity index is 487. The maximum atomic E-state index is 11.9. The van der Waals surface area contributed by atoms with Gasteiger partial charge in [-0.1, -0.05) is 46.3 Å². The summed E-state index contributed by atoms with van der Waals surface area (Å²) in [4.78, 5) is 25.0. The molecule has 0 aliphatic carbocycles. The van der Waals surface area contributed by atoms with Gasteiger partial charge < -0.3 is 4.74 Å². The smallest absolute Gasteiger partial charge is 0.417 e. The molecule has 0 aromatic heterocycles. The lowest BCUT2D eigenvalue weighted by Gasteiger charge is -2.27. The van der Waals surface area contributed by atoms with E-state index in [0.717, 1.165) is 5.56 Å². The maximum Gasteiger partial charge on any atom is 0.417 e. The molecule has 1 aliphatic heterocycles. The minimum atomic E-state index is -0.676. The summed E-state index contributed by atoms with van der Waals surface area (Å²) in [5, 5.41) is 0.115. The highest BCUT2D eigenvalue weighted by Crippen LogP contribution is 2.32. The maximum absolute atomic E-state index is 11.9. The van der Waals surface area contributed by atoms with Crippen molar-refractivity contribution >= 4 is 27.9 Å². The van der Waals surface area contributed by atoms with Gasteiger partial charge in [-0.25, -0.2) is 9.69 Å². The number of nitrogens with zero attached hydrogens (tertiary/aromatic N) is 1. The Hall–Kier alpha value is -1.36. The van der Waals surface area contributed by atoms with Gasteiger partial charge in [-0.05, 0) is 25.8 Å². The summed E-state index contributed by atoms with van der Waals surface area (Å²) in [5.41, 5.74) is 0.399. The second-order valence-electron chi connectivity index (χ2n) is 5.07. The van der Waals surface area contributed by atoms with Crippen LogP contribution in [0.4, 0.5) is 4.79 Å². The molecule has 2 rings (SSSR count). The van der Waals surface area contributed by atoms with E-state index in [1.807, 2.05) is 44.2 Å². The van der Waals surface area contributed by atoms with Crippen molar-refractivity contribution in [3.8, 4) is 0 Å². The largest absolute Gasteiger partial charge is 0.441 e. The van der Waals surface area contributed by atoms with Crippen molar-refractivity contribution in [3.63, 3.8) is 0 Å². The number of imide groups is 1. The highest BCUT2D eigenvalue weighted by Gasteiger charge is 2.49. The molecule has 2 amide bonds. The third kappa shape index (κ3) is 2.81. The van der Waals surface area contributed by atoms with Crippen LogP contribution in [-0.2, 0) is 16.0 Å². The zero-order valence-corrected chi connectivity index (χ0v) is 12.5. The molecule has 102 valence electrons. The third-order valence-electron chi connectivity index (χ3n) is 3.32. The number of carbonyl (C=O) groups is 2. The van der Waals surface area contributed by atoms with Crippen LogP contribution < -0.4 is 0 Å². The van der Waals surface area contributed by atoms with E-state index in [4.69, 9.17) is 4.74 Å². The van der Waals surface area contributed by atoms with Crippen molar-refractivity contribution in [2.75, 3.05) is 5.33 Å². The van der Waals surface area contributed by atoms with Crippen molar-refractivity contribution in [1.29, 1.82) is 0 Å². The second kappa shape index (κ2) is 5.33. The van der Waals surface area contributed by atoms with E-state index in [-0.39, 0.29) is 17.3 Å². The van der Waals surface area contributed by atoms with Gasteiger partial charge in [-0.3, -0.25) is 4.79 Å². The van der Waals surface area contributed by atoms with Crippen LogP contribution in [0.5, 0.6) is 0 Å². The first kappa shape index (κ1) is 14.1. The van der Waals surface area contributed by atoms with Crippen LogP contribution in [0.25, 0.3) is 0 Å². The molecule has 4 nitrogen and oxygen atoms in total. The fraction of sp³-hybridized carbons (Fsp3) is 0.429. The number of alkyl halides is 1. The van der Waals surface area contributed by atoms with E-state index in [1.54, 1.807) is 0 Å². The molecule has 19 heavy (non-hydrogen) atoms. The average Bonchev–Trinajstić information content (AvgIpc) is 2.59. The summed E-state index contributed by atoms with van der Waals surface area (Å²) in [6.45, 7) is 3.67. The zero-order valence-electron chi connectivity index (χ0n) is 10.9. The molecular formula is C14H16BrNO3. The first-order chi connectivity index (χ1) is 8.95. The van der Waals surface area contributed by atoms with E-state index in [9.17, 15) is 9.59 Å². The zero-order chi connectivity index (χ0) is 14.0. The molecule has 1 aliphatic rings. The summed E-state index contributed by atoms with van der Waals surface area (Å²) in [6, 6.07) is 9.50. The number of hydrogen-bond donors (Lipinski definition) is 0. The van der Waals surface area contributed by atoms with Crippen molar-refractivity contribution in [2.45, 2.75) is 31.9 Å². The summed E-state index contributed by atoms with van der Waals surface area (Å²) in [6.07, 6.45) is 0.0357. The molecule has 5 heteroatoms. The number of amides is 2. The van der Waals surface area contributed by atoms with Gasteiger partial charge in [0.2, 0.25) is 5.91 Å². The molecule has 1 fully saturated rings. The van der Waals surface area contributed by atoms with Gasteiger partial charge in [-0.15, -0.1) is 0 Å². The molecule has 0 bridgehead atoms. The topological polar surface area (TPSA) is 46.6 Å². The molecule has 0 spiro atoms. The Balaban J connectivity index is 2.28. The van der Waals surface area contributed by atoms with E-state index in [0.29, 0.717) is 6.42 Å². The third-order valence-corrected chi connectivity index (χ3v) is 3.80. The molecule has 1 atom stereocenters. The van der Waals surface area contributed by atoms with E-state index >= 15 is 0 Å². The molecule has 1 heterocycles. The first-order valence-electron chi connectivity index (χ1n) is 6.10. The predicted molar refractivity (Wildman–Crippen MR) is 75.1 cm³/mol. The van der Waals surface area contributed by atoms with Crippen molar-refractivity contribution in [2.24, 2.45) is 0 Å². The Morgan fingerprint density at radius 2 is 2.00 bits per heavy atom. The lowest BCUT2D eigenvalue weighted by Crippen LogP contribution is -2.46. The first-order valence-corrected chi connectivity index (χ1v) is 7.23. The number of benzene rings is 1. The van der Waals surface area contributed by atoms with Crippen LogP contribution in [0, 0.1) is 0 Å². The highest BCUT2D eigenvalue weighted by atomic mass is 79.9. The fourth-order valence-electron chi connectivity index (χ4n) is 2.29. The van der Waals surface area contributed by atoms with E-state index in [2.05, 4.69) is 15.9 Å². The van der Waals surface area contributed by atoms with Crippen LogP contribution in [0.1, 0.15) is 19.4 Å². The Morgan fingerprint density at radius 3 is 2.58 bits per heavy atom. The molecule has 0 N–H and O–H groups in total. The van der Waals surface area contributed by atoms with E-state index in [1.165, 1.54) is 4.90 Å².